The van der Waals surface area contributed by atoms with Crippen LogP contribution in [0.15, 0.2) is 0 Å². The van der Waals surface area contributed by atoms with Gasteiger partial charge in [-0.15, -0.1) is 11.8 Å². The first-order valence-electron chi connectivity index (χ1n) is 9.98. The molecule has 1 spiro atoms. The van der Waals surface area contributed by atoms with Crippen LogP contribution in [0.25, 0.3) is 0 Å². The first kappa shape index (κ1) is 24.3. The Balaban J connectivity index is 1.84. The average Bonchev–Trinajstić information content (AvgIpc) is 3.08. The minimum Gasteiger partial charge on any atom is -0.467 e. The molecule has 2 fully saturated rings. The Morgan fingerprint density at radius 3 is 2.40 bits per heavy atom. The van der Waals surface area contributed by atoms with Gasteiger partial charge in [-0.25, -0.2) is 9.59 Å². The summed E-state index contributed by atoms with van der Waals surface area (Å²) in [4.78, 5) is 49.9. The number of carbonyl (C=O) groups excluding carboxylic acids is 4. The molecule has 2 saturated heterocycles. The highest BCUT2D eigenvalue weighted by atomic mass is 32.2. The number of nitrogens with one attached hydrogen (secondary N) is 3. The quantitative estimate of drug-likeness (QED) is 0.497. The van der Waals surface area contributed by atoms with Crippen LogP contribution in [0, 0.1) is 0 Å². The molecule has 2 rings (SSSR count). The van der Waals surface area contributed by atoms with E-state index in [-0.39, 0.29) is 11.8 Å². The fraction of sp³-hybridized carbons (Fsp3) is 0.789. The van der Waals surface area contributed by atoms with E-state index in [0.717, 1.165) is 0 Å². The molecule has 2 aliphatic rings. The van der Waals surface area contributed by atoms with Crippen LogP contribution in [0.3, 0.4) is 0 Å². The Hall–Kier alpha value is -2.01. The van der Waals surface area contributed by atoms with Gasteiger partial charge in [0.05, 0.1) is 26.2 Å². The predicted molar refractivity (Wildman–Crippen MR) is 112 cm³/mol. The van der Waals surface area contributed by atoms with Crippen LogP contribution in [0.1, 0.15) is 41.0 Å². The third kappa shape index (κ3) is 6.00. The smallest absolute Gasteiger partial charge is 0.408 e. The molecule has 0 aliphatic carbocycles. The molecule has 0 aromatic carbocycles. The fourth-order valence-electron chi connectivity index (χ4n) is 3.25. The lowest BCUT2D eigenvalue weighted by atomic mass is 10.0. The number of rotatable bonds is 6. The number of hydrogen-bond acceptors (Lipinski definition) is 8. The number of nitrogens with zero attached hydrogens (tertiary/aromatic N) is 1. The standard InChI is InChI=1S/C19H32N4O6S/c1-7-12(21-17(27)29-18(3,4)5)15(25)23-9-19(10-23)22-13(8-30-19)14(24)20-11(2)16(26)28-6/h11-13,22H,7-10H2,1-6H3,(H,20,24)(H,21,27)/t11-,12-,13-/m0/s1. The summed E-state index contributed by atoms with van der Waals surface area (Å²) in [6, 6.07) is -1.85. The first-order chi connectivity index (χ1) is 13.9. The molecule has 11 heteroatoms. The van der Waals surface area contributed by atoms with E-state index in [1.807, 2.05) is 6.92 Å². The largest absolute Gasteiger partial charge is 0.467 e. The monoisotopic (exact) mass is 444 g/mol. The molecule has 170 valence electrons. The van der Waals surface area contributed by atoms with E-state index in [1.165, 1.54) is 7.11 Å². The van der Waals surface area contributed by atoms with Crippen molar-refractivity contribution in [3.05, 3.63) is 0 Å². The molecule has 3 amide bonds. The Morgan fingerprint density at radius 1 is 1.23 bits per heavy atom. The second-order valence-electron chi connectivity index (χ2n) is 8.56. The zero-order chi connectivity index (χ0) is 22.7. The van der Waals surface area contributed by atoms with Crippen LogP contribution in [0.5, 0.6) is 0 Å². The molecule has 0 aromatic heterocycles. The Kier molecular flexibility index (Phi) is 7.62. The van der Waals surface area contributed by atoms with E-state index in [4.69, 9.17) is 4.74 Å². The van der Waals surface area contributed by atoms with Crippen LogP contribution in [0.4, 0.5) is 4.79 Å². The van der Waals surface area contributed by atoms with Gasteiger partial charge in [0.2, 0.25) is 11.8 Å². The van der Waals surface area contributed by atoms with Crippen LogP contribution in [0.2, 0.25) is 0 Å². The average molecular weight is 445 g/mol. The Labute approximate surface area is 181 Å². The SMILES string of the molecule is CC[C@H](NC(=O)OC(C)(C)C)C(=O)N1CC2(C1)N[C@H](C(=O)N[C@@H](C)C(=O)OC)CS2. The molecule has 0 radical (unpaired) electrons. The van der Waals surface area contributed by atoms with Gasteiger partial charge in [0.15, 0.2) is 0 Å². The van der Waals surface area contributed by atoms with Crippen molar-refractivity contribution in [3.63, 3.8) is 0 Å². The van der Waals surface area contributed by atoms with E-state index < -0.39 is 40.7 Å². The zero-order valence-corrected chi connectivity index (χ0v) is 19.2. The van der Waals surface area contributed by atoms with E-state index in [9.17, 15) is 19.2 Å². The van der Waals surface area contributed by atoms with Gasteiger partial charge in [0.1, 0.15) is 22.6 Å². The number of methoxy groups -OCH3 is 1. The summed E-state index contributed by atoms with van der Waals surface area (Å²) in [5.41, 5.74) is -0.641. The Morgan fingerprint density at radius 2 is 1.87 bits per heavy atom. The highest BCUT2D eigenvalue weighted by Gasteiger charge is 2.52. The van der Waals surface area contributed by atoms with Gasteiger partial charge in [-0.1, -0.05) is 6.92 Å². The van der Waals surface area contributed by atoms with Crippen molar-refractivity contribution in [2.75, 3.05) is 26.0 Å². The Bertz CT molecular complexity index is 689. The van der Waals surface area contributed by atoms with Gasteiger partial charge in [-0.05, 0) is 34.1 Å². The number of alkyl carbamates (subject to hydrolysis) is 1. The van der Waals surface area contributed by atoms with Crippen LogP contribution < -0.4 is 16.0 Å². The number of carbonyl (C=O) groups is 4. The molecule has 0 saturated carbocycles. The molecule has 0 unspecified atom stereocenters. The highest BCUT2D eigenvalue weighted by Crippen LogP contribution is 2.38. The minimum absolute atomic E-state index is 0.177. The van der Waals surface area contributed by atoms with E-state index in [1.54, 1.807) is 44.4 Å². The molecular formula is C19H32N4O6S. The summed E-state index contributed by atoms with van der Waals surface area (Å²) in [5, 5.41) is 8.53. The van der Waals surface area contributed by atoms with E-state index in [2.05, 4.69) is 20.7 Å². The summed E-state index contributed by atoms with van der Waals surface area (Å²) in [7, 11) is 1.27. The molecule has 0 aromatic rings. The van der Waals surface area contributed by atoms with Crippen molar-refractivity contribution in [1.29, 1.82) is 0 Å². The topological polar surface area (TPSA) is 126 Å². The first-order valence-corrected chi connectivity index (χ1v) is 11.0. The lowest BCUT2D eigenvalue weighted by Gasteiger charge is -2.48. The number of likely N-dealkylation sites (tertiary alicyclic amines) is 1. The van der Waals surface area contributed by atoms with Crippen molar-refractivity contribution >= 4 is 35.6 Å². The van der Waals surface area contributed by atoms with Crippen molar-refractivity contribution in [1.82, 2.24) is 20.9 Å². The molecule has 0 bridgehead atoms. The van der Waals surface area contributed by atoms with Gasteiger partial charge < -0.3 is 25.0 Å². The van der Waals surface area contributed by atoms with Gasteiger partial charge in [0, 0.05) is 5.75 Å². The van der Waals surface area contributed by atoms with Crippen LogP contribution >= 0.6 is 11.8 Å². The minimum atomic E-state index is -0.727. The fourth-order valence-corrected chi connectivity index (χ4v) is 4.69. The molecule has 2 heterocycles. The lowest BCUT2D eigenvalue weighted by Crippen LogP contribution is -2.70. The summed E-state index contributed by atoms with van der Waals surface area (Å²) < 4.78 is 9.84. The number of esters is 1. The molecule has 3 atom stereocenters. The van der Waals surface area contributed by atoms with Gasteiger partial charge in [0.25, 0.3) is 0 Å². The van der Waals surface area contributed by atoms with Gasteiger partial charge >= 0.3 is 12.1 Å². The number of ether oxygens (including phenoxy) is 2. The highest BCUT2D eigenvalue weighted by molar-refractivity contribution is 8.01. The summed E-state index contributed by atoms with van der Waals surface area (Å²) in [5.74, 6) is -0.425. The van der Waals surface area contributed by atoms with Crippen molar-refractivity contribution in [2.24, 2.45) is 0 Å². The molecule has 30 heavy (non-hydrogen) atoms. The second-order valence-corrected chi connectivity index (χ2v) is 9.96. The van der Waals surface area contributed by atoms with Gasteiger partial charge in [-0.3, -0.25) is 14.9 Å². The van der Waals surface area contributed by atoms with Crippen molar-refractivity contribution < 1.29 is 28.7 Å². The second kappa shape index (κ2) is 9.42. The molecule has 3 N–H and O–H groups in total. The molecular weight excluding hydrogens is 412 g/mol. The molecule has 2 aliphatic heterocycles. The maximum Gasteiger partial charge on any atom is 0.408 e. The third-order valence-corrected chi connectivity index (χ3v) is 6.22. The number of hydrogen-bond donors (Lipinski definition) is 3. The normalized spacial score (nSPS) is 21.9. The summed E-state index contributed by atoms with van der Waals surface area (Å²) in [6.45, 7) is 9.52. The van der Waals surface area contributed by atoms with Crippen LogP contribution in [-0.2, 0) is 23.9 Å². The van der Waals surface area contributed by atoms with E-state index >= 15 is 0 Å². The maximum atomic E-state index is 12.8. The van der Waals surface area contributed by atoms with Crippen molar-refractivity contribution in [2.45, 2.75) is 69.6 Å². The summed E-state index contributed by atoms with van der Waals surface area (Å²) >= 11 is 1.58. The lowest BCUT2D eigenvalue weighted by molar-refractivity contribution is -0.145. The third-order valence-electron chi connectivity index (χ3n) is 4.80. The van der Waals surface area contributed by atoms with Crippen LogP contribution in [-0.4, -0.2) is 83.3 Å². The molecule has 10 nitrogen and oxygen atoms in total. The van der Waals surface area contributed by atoms with E-state index in [0.29, 0.717) is 25.3 Å². The van der Waals surface area contributed by atoms with Gasteiger partial charge in [-0.2, -0.15) is 0 Å². The number of thioether (sulfide) groups is 1. The maximum absolute atomic E-state index is 12.8. The predicted octanol–water partition coefficient (Wildman–Crippen LogP) is 0.211. The summed E-state index contributed by atoms with van der Waals surface area (Å²) in [6.07, 6.45) is -0.179. The zero-order valence-electron chi connectivity index (χ0n) is 18.4. The number of amides is 3. The van der Waals surface area contributed by atoms with Crippen molar-refractivity contribution in [3.8, 4) is 0 Å².